The number of anilines is 1. The summed E-state index contributed by atoms with van der Waals surface area (Å²) in [5, 5.41) is 2.64. The van der Waals surface area contributed by atoms with E-state index in [2.05, 4.69) is 41.9 Å². The summed E-state index contributed by atoms with van der Waals surface area (Å²) in [6, 6.07) is 11.8. The van der Waals surface area contributed by atoms with Crippen molar-refractivity contribution in [3.05, 3.63) is 53.3 Å². The molecule has 0 aliphatic rings. The smallest absolute Gasteiger partial charge is 0.316 e. The first kappa shape index (κ1) is 17.1. The molecule has 3 N–H and O–H groups in total. The number of unbranched alkanes of at least 4 members (excludes halogenated alkanes) is 1. The van der Waals surface area contributed by atoms with Crippen molar-refractivity contribution in [3.8, 4) is 0 Å². The molecular weight excluding hydrogens is 286 g/mol. The van der Waals surface area contributed by atoms with Crippen LogP contribution >= 0.6 is 0 Å². The lowest BCUT2D eigenvalue weighted by Crippen LogP contribution is -2.19. The lowest BCUT2D eigenvalue weighted by Gasteiger charge is -2.13. The number of urea groups is 1. The summed E-state index contributed by atoms with van der Waals surface area (Å²) in [5.41, 5.74) is 9.86. The minimum atomic E-state index is -0.529. The highest BCUT2D eigenvalue weighted by atomic mass is 16.2. The fourth-order valence-corrected chi connectivity index (χ4v) is 2.90. The number of carbonyl (C=O) groups is 1. The van der Waals surface area contributed by atoms with Crippen LogP contribution in [0.25, 0.3) is 0 Å². The number of amides is 2. The first-order valence-electron chi connectivity index (χ1n) is 8.46. The average molecular weight is 313 g/mol. The lowest BCUT2D eigenvalue weighted by atomic mass is 10.1. The van der Waals surface area contributed by atoms with Gasteiger partial charge < -0.3 is 15.6 Å². The highest BCUT2D eigenvalue weighted by molar-refractivity contribution is 5.87. The summed E-state index contributed by atoms with van der Waals surface area (Å²) >= 11 is 0. The number of primary amides is 1. The maximum Gasteiger partial charge on any atom is 0.316 e. The quantitative estimate of drug-likeness (QED) is 0.749. The number of hydrogen-bond donors (Lipinski definition) is 2. The van der Waals surface area contributed by atoms with Gasteiger partial charge in [0, 0.05) is 30.0 Å². The summed E-state index contributed by atoms with van der Waals surface area (Å²) in [7, 11) is 0. The third-order valence-corrected chi connectivity index (χ3v) is 3.98. The number of hydrogen-bond acceptors (Lipinski definition) is 1. The van der Waals surface area contributed by atoms with Gasteiger partial charge in [0.05, 0.1) is 0 Å². The molecule has 0 bridgehead atoms. The van der Waals surface area contributed by atoms with Crippen LogP contribution in [-0.4, -0.2) is 10.6 Å². The Labute approximate surface area is 138 Å². The standard InChI is InChI=1S/C19H27N3O/c1-3-5-12-22-17(7-4-2)10-11-18(22)14-15-8-6-9-16(13-15)21-19(20)23/h6,8-11,13H,3-5,7,12,14H2,1-2H3,(H3,20,21,23). The van der Waals surface area contributed by atoms with E-state index in [-0.39, 0.29) is 0 Å². The van der Waals surface area contributed by atoms with E-state index in [9.17, 15) is 4.79 Å². The van der Waals surface area contributed by atoms with Crippen LogP contribution < -0.4 is 11.1 Å². The van der Waals surface area contributed by atoms with E-state index in [1.807, 2.05) is 18.2 Å². The number of aromatic nitrogens is 1. The lowest BCUT2D eigenvalue weighted by molar-refractivity contribution is 0.259. The van der Waals surface area contributed by atoms with E-state index < -0.39 is 6.03 Å². The zero-order valence-electron chi connectivity index (χ0n) is 14.1. The van der Waals surface area contributed by atoms with Gasteiger partial charge in [-0.25, -0.2) is 4.79 Å². The molecule has 0 aliphatic carbocycles. The molecular formula is C19H27N3O. The maximum atomic E-state index is 11.0. The van der Waals surface area contributed by atoms with Crippen molar-refractivity contribution in [2.45, 2.75) is 52.5 Å². The summed E-state index contributed by atoms with van der Waals surface area (Å²) in [4.78, 5) is 11.0. The first-order chi connectivity index (χ1) is 11.1. The largest absolute Gasteiger partial charge is 0.351 e. The maximum absolute atomic E-state index is 11.0. The molecule has 124 valence electrons. The Kier molecular flexibility index (Phi) is 6.27. The number of nitrogens with one attached hydrogen (secondary N) is 1. The molecule has 0 saturated carbocycles. The van der Waals surface area contributed by atoms with Crippen LogP contribution in [0.2, 0.25) is 0 Å². The predicted octanol–water partition coefficient (Wildman–Crippen LogP) is 4.32. The van der Waals surface area contributed by atoms with Crippen LogP contribution in [0.4, 0.5) is 10.5 Å². The van der Waals surface area contributed by atoms with Crippen LogP contribution in [-0.2, 0) is 19.4 Å². The summed E-state index contributed by atoms with van der Waals surface area (Å²) < 4.78 is 2.46. The SMILES string of the molecule is CCCCn1c(CCC)ccc1Cc1cccc(NC(N)=O)c1. The highest BCUT2D eigenvalue weighted by Gasteiger charge is 2.09. The minimum absolute atomic E-state index is 0.529. The van der Waals surface area contributed by atoms with Crippen LogP contribution in [0, 0.1) is 0 Å². The number of carbonyl (C=O) groups excluding carboxylic acids is 1. The Morgan fingerprint density at radius 3 is 2.61 bits per heavy atom. The van der Waals surface area contributed by atoms with Crippen molar-refractivity contribution in [1.29, 1.82) is 0 Å². The molecule has 2 amide bonds. The van der Waals surface area contributed by atoms with Gasteiger partial charge in [-0.05, 0) is 42.7 Å². The molecule has 0 saturated heterocycles. The average Bonchev–Trinajstić information content (AvgIpc) is 2.87. The number of rotatable bonds is 8. The van der Waals surface area contributed by atoms with Gasteiger partial charge in [0.2, 0.25) is 0 Å². The van der Waals surface area contributed by atoms with Gasteiger partial charge >= 0.3 is 6.03 Å². The van der Waals surface area contributed by atoms with Gasteiger partial charge in [-0.1, -0.05) is 38.8 Å². The third kappa shape index (κ3) is 4.88. The van der Waals surface area contributed by atoms with E-state index in [1.165, 1.54) is 29.8 Å². The van der Waals surface area contributed by atoms with Gasteiger partial charge in [-0.2, -0.15) is 0 Å². The predicted molar refractivity (Wildman–Crippen MR) is 95.8 cm³/mol. The van der Waals surface area contributed by atoms with Crippen molar-refractivity contribution >= 4 is 11.7 Å². The molecule has 0 aliphatic heterocycles. The van der Waals surface area contributed by atoms with Crippen molar-refractivity contribution in [3.63, 3.8) is 0 Å². The minimum Gasteiger partial charge on any atom is -0.351 e. The van der Waals surface area contributed by atoms with Gasteiger partial charge in [0.1, 0.15) is 0 Å². The molecule has 1 heterocycles. The molecule has 2 aromatic rings. The number of benzene rings is 1. The third-order valence-electron chi connectivity index (χ3n) is 3.98. The molecule has 4 nitrogen and oxygen atoms in total. The molecule has 4 heteroatoms. The molecule has 2 rings (SSSR count). The highest BCUT2D eigenvalue weighted by Crippen LogP contribution is 2.19. The molecule has 0 atom stereocenters. The monoisotopic (exact) mass is 313 g/mol. The van der Waals surface area contributed by atoms with Gasteiger partial charge in [-0.3, -0.25) is 0 Å². The summed E-state index contributed by atoms with van der Waals surface area (Å²) in [5.74, 6) is 0. The van der Waals surface area contributed by atoms with Crippen LogP contribution in [0.15, 0.2) is 36.4 Å². The van der Waals surface area contributed by atoms with E-state index in [0.29, 0.717) is 0 Å². The zero-order valence-corrected chi connectivity index (χ0v) is 14.1. The molecule has 1 aromatic heterocycles. The van der Waals surface area contributed by atoms with Gasteiger partial charge in [-0.15, -0.1) is 0 Å². The molecule has 0 unspecified atom stereocenters. The van der Waals surface area contributed by atoms with Crippen molar-refractivity contribution in [1.82, 2.24) is 4.57 Å². The second kappa shape index (κ2) is 8.42. The topological polar surface area (TPSA) is 60.1 Å². The number of aryl methyl sites for hydroxylation is 1. The Bertz CT molecular complexity index is 646. The first-order valence-corrected chi connectivity index (χ1v) is 8.46. The van der Waals surface area contributed by atoms with Gasteiger partial charge in [0.25, 0.3) is 0 Å². The fraction of sp³-hybridized carbons (Fsp3) is 0.421. The van der Waals surface area contributed by atoms with E-state index in [4.69, 9.17) is 5.73 Å². The number of nitrogens with zero attached hydrogens (tertiary/aromatic N) is 1. The van der Waals surface area contributed by atoms with Crippen LogP contribution in [0.3, 0.4) is 0 Å². The number of nitrogens with two attached hydrogens (primary N) is 1. The Morgan fingerprint density at radius 2 is 1.91 bits per heavy atom. The molecule has 23 heavy (non-hydrogen) atoms. The second-order valence-corrected chi connectivity index (χ2v) is 5.94. The zero-order chi connectivity index (χ0) is 16.7. The molecule has 0 fully saturated rings. The molecule has 0 spiro atoms. The Morgan fingerprint density at radius 1 is 1.13 bits per heavy atom. The Hall–Kier alpha value is -2.23. The van der Waals surface area contributed by atoms with Crippen molar-refractivity contribution in [2.75, 3.05) is 5.32 Å². The van der Waals surface area contributed by atoms with Crippen LogP contribution in [0.1, 0.15) is 50.1 Å². The van der Waals surface area contributed by atoms with Crippen LogP contribution in [0.5, 0.6) is 0 Å². The Balaban J connectivity index is 2.20. The van der Waals surface area contributed by atoms with E-state index in [0.717, 1.165) is 31.5 Å². The van der Waals surface area contributed by atoms with Crippen molar-refractivity contribution in [2.24, 2.45) is 5.73 Å². The van der Waals surface area contributed by atoms with Crippen molar-refractivity contribution < 1.29 is 4.79 Å². The van der Waals surface area contributed by atoms with E-state index in [1.54, 1.807) is 0 Å². The normalized spacial score (nSPS) is 10.7. The molecule has 1 aromatic carbocycles. The summed E-state index contributed by atoms with van der Waals surface area (Å²) in [6.07, 6.45) is 5.53. The summed E-state index contributed by atoms with van der Waals surface area (Å²) in [6.45, 7) is 5.52. The fourth-order valence-electron chi connectivity index (χ4n) is 2.90. The van der Waals surface area contributed by atoms with Gasteiger partial charge in [0.15, 0.2) is 0 Å². The van der Waals surface area contributed by atoms with E-state index >= 15 is 0 Å². The molecule has 0 radical (unpaired) electrons. The second-order valence-electron chi connectivity index (χ2n) is 5.94.